The van der Waals surface area contributed by atoms with E-state index in [4.69, 9.17) is 0 Å². The van der Waals surface area contributed by atoms with Crippen LogP contribution in [0.4, 0.5) is 24.8 Å². The molecule has 0 amide bonds. The van der Waals surface area contributed by atoms with Crippen LogP contribution in [-0.2, 0) is 11.9 Å². The lowest BCUT2D eigenvalue weighted by Crippen LogP contribution is -2.07. The molecule has 0 fully saturated rings. The smallest absolute Gasteiger partial charge is 0.324 e. The first-order valence-corrected chi connectivity index (χ1v) is 8.52. The summed E-state index contributed by atoms with van der Waals surface area (Å²) < 4.78 is 38.5. The molecule has 7 heteroatoms. The zero-order valence-electron chi connectivity index (χ0n) is 12.8. The molecule has 0 atom stereocenters. The van der Waals surface area contributed by atoms with Crippen LogP contribution in [0.1, 0.15) is 11.1 Å². The SMILES string of the molecule is FC(F)(F)c1cccc(Nc2ncc3c(n2)-c2ccccc2SC3)c1. The fraction of sp³-hybridized carbons (Fsp3) is 0.111. The summed E-state index contributed by atoms with van der Waals surface area (Å²) in [5, 5.41) is 2.87. The lowest BCUT2D eigenvalue weighted by Gasteiger charge is -2.18. The quantitative estimate of drug-likeness (QED) is 0.654. The second kappa shape index (κ2) is 6.07. The van der Waals surface area contributed by atoms with E-state index in [1.165, 1.54) is 6.07 Å². The van der Waals surface area contributed by atoms with Gasteiger partial charge in [0.05, 0.1) is 11.3 Å². The topological polar surface area (TPSA) is 37.8 Å². The summed E-state index contributed by atoms with van der Waals surface area (Å²) in [6.45, 7) is 0. The van der Waals surface area contributed by atoms with Gasteiger partial charge >= 0.3 is 6.18 Å². The summed E-state index contributed by atoms with van der Waals surface area (Å²) in [6, 6.07) is 12.9. The van der Waals surface area contributed by atoms with Crippen molar-refractivity contribution in [1.82, 2.24) is 9.97 Å². The zero-order valence-corrected chi connectivity index (χ0v) is 13.7. The second-order valence-electron chi connectivity index (χ2n) is 5.56. The van der Waals surface area contributed by atoms with Crippen LogP contribution in [0, 0.1) is 0 Å². The van der Waals surface area contributed by atoms with Crippen molar-refractivity contribution in [3.05, 3.63) is 65.9 Å². The van der Waals surface area contributed by atoms with E-state index in [1.54, 1.807) is 24.0 Å². The van der Waals surface area contributed by atoms with Crippen LogP contribution < -0.4 is 5.32 Å². The molecule has 3 nitrogen and oxygen atoms in total. The molecule has 0 bridgehead atoms. The fourth-order valence-electron chi connectivity index (χ4n) is 2.65. The van der Waals surface area contributed by atoms with Gasteiger partial charge in [-0.1, -0.05) is 24.3 Å². The molecule has 0 radical (unpaired) electrons. The van der Waals surface area contributed by atoms with E-state index in [0.717, 1.165) is 39.6 Å². The summed E-state index contributed by atoms with van der Waals surface area (Å²) >= 11 is 1.72. The number of halogens is 3. The van der Waals surface area contributed by atoms with Crippen LogP contribution in [0.25, 0.3) is 11.3 Å². The second-order valence-corrected chi connectivity index (χ2v) is 6.57. The number of fused-ring (bicyclic) bond motifs is 3. The summed E-state index contributed by atoms with van der Waals surface area (Å²) in [6.07, 6.45) is -2.66. The Balaban J connectivity index is 1.68. The minimum absolute atomic E-state index is 0.278. The van der Waals surface area contributed by atoms with Crippen LogP contribution in [0.15, 0.2) is 59.6 Å². The molecule has 0 spiro atoms. The first kappa shape index (κ1) is 16.0. The Morgan fingerprint density at radius 2 is 1.88 bits per heavy atom. The molecule has 2 aromatic carbocycles. The average molecular weight is 359 g/mol. The summed E-state index contributed by atoms with van der Waals surface area (Å²) in [5.74, 6) is 1.05. The van der Waals surface area contributed by atoms with Gasteiger partial charge in [-0.15, -0.1) is 11.8 Å². The minimum atomic E-state index is -4.38. The van der Waals surface area contributed by atoms with Gasteiger partial charge < -0.3 is 5.32 Å². The van der Waals surface area contributed by atoms with Gasteiger partial charge in [-0.3, -0.25) is 0 Å². The van der Waals surface area contributed by atoms with Crippen LogP contribution in [0.2, 0.25) is 0 Å². The molecule has 126 valence electrons. The van der Waals surface area contributed by atoms with E-state index >= 15 is 0 Å². The van der Waals surface area contributed by atoms with E-state index in [2.05, 4.69) is 15.3 Å². The number of thioether (sulfide) groups is 1. The van der Waals surface area contributed by atoms with Gasteiger partial charge in [0.1, 0.15) is 0 Å². The Morgan fingerprint density at radius 3 is 2.72 bits per heavy atom. The van der Waals surface area contributed by atoms with E-state index in [-0.39, 0.29) is 5.95 Å². The van der Waals surface area contributed by atoms with E-state index < -0.39 is 11.7 Å². The minimum Gasteiger partial charge on any atom is -0.324 e. The first-order valence-electron chi connectivity index (χ1n) is 7.53. The summed E-state index contributed by atoms with van der Waals surface area (Å²) in [5.41, 5.74) is 2.44. The molecule has 1 aliphatic heterocycles. The lowest BCUT2D eigenvalue weighted by molar-refractivity contribution is -0.137. The predicted octanol–water partition coefficient (Wildman–Crippen LogP) is 5.51. The zero-order chi connectivity index (χ0) is 17.4. The number of alkyl halides is 3. The standard InChI is InChI=1S/C18H12F3N3S/c19-18(20,21)12-4-3-5-13(8-12)23-17-22-9-11-10-25-15-7-2-1-6-14(15)16(11)24-17/h1-9H,10H2,(H,22,23,24). The van der Waals surface area contributed by atoms with Crippen molar-refractivity contribution >= 4 is 23.4 Å². The van der Waals surface area contributed by atoms with Crippen LogP contribution in [-0.4, -0.2) is 9.97 Å². The molecule has 4 rings (SSSR count). The van der Waals surface area contributed by atoms with Gasteiger partial charge in [0.25, 0.3) is 0 Å². The highest BCUT2D eigenvalue weighted by Crippen LogP contribution is 2.40. The maximum absolute atomic E-state index is 12.8. The number of aromatic nitrogens is 2. The molecule has 0 aliphatic carbocycles. The Bertz CT molecular complexity index is 941. The number of rotatable bonds is 2. The maximum Gasteiger partial charge on any atom is 0.416 e. The highest BCUT2D eigenvalue weighted by atomic mass is 32.2. The van der Waals surface area contributed by atoms with Gasteiger partial charge in [0, 0.05) is 33.7 Å². The molecule has 3 aromatic rings. The van der Waals surface area contributed by atoms with Crippen molar-refractivity contribution in [3.63, 3.8) is 0 Å². The van der Waals surface area contributed by atoms with Crippen molar-refractivity contribution in [2.75, 3.05) is 5.32 Å². The molecule has 0 saturated heterocycles. The first-order chi connectivity index (χ1) is 12.0. The van der Waals surface area contributed by atoms with E-state index in [0.29, 0.717) is 5.69 Å². The largest absolute Gasteiger partial charge is 0.416 e. The maximum atomic E-state index is 12.8. The average Bonchev–Trinajstić information content (AvgIpc) is 2.61. The Kier molecular flexibility index (Phi) is 3.88. The normalized spacial score (nSPS) is 13.1. The van der Waals surface area contributed by atoms with E-state index in [9.17, 15) is 13.2 Å². The van der Waals surface area contributed by atoms with E-state index in [1.807, 2.05) is 24.3 Å². The van der Waals surface area contributed by atoms with Crippen LogP contribution in [0.3, 0.4) is 0 Å². The van der Waals surface area contributed by atoms with Crippen molar-refractivity contribution in [1.29, 1.82) is 0 Å². The summed E-state index contributed by atoms with van der Waals surface area (Å²) in [4.78, 5) is 9.90. The number of benzene rings is 2. The molecular weight excluding hydrogens is 347 g/mol. The number of nitrogens with zero attached hydrogens (tertiary/aromatic N) is 2. The number of hydrogen-bond donors (Lipinski definition) is 1. The Labute approximate surface area is 146 Å². The van der Waals surface area contributed by atoms with Crippen LogP contribution >= 0.6 is 11.8 Å². The van der Waals surface area contributed by atoms with Gasteiger partial charge in [0.2, 0.25) is 5.95 Å². The Morgan fingerprint density at radius 1 is 1.04 bits per heavy atom. The molecule has 2 heterocycles. The third-order valence-electron chi connectivity index (χ3n) is 3.84. The highest BCUT2D eigenvalue weighted by molar-refractivity contribution is 7.98. The van der Waals surface area contributed by atoms with Crippen molar-refractivity contribution in [2.45, 2.75) is 16.8 Å². The van der Waals surface area contributed by atoms with Gasteiger partial charge in [-0.05, 0) is 24.3 Å². The number of hydrogen-bond acceptors (Lipinski definition) is 4. The third-order valence-corrected chi connectivity index (χ3v) is 4.96. The van der Waals surface area contributed by atoms with Crippen molar-refractivity contribution < 1.29 is 13.2 Å². The van der Waals surface area contributed by atoms with Crippen LogP contribution in [0.5, 0.6) is 0 Å². The molecule has 0 saturated carbocycles. The monoisotopic (exact) mass is 359 g/mol. The third kappa shape index (κ3) is 3.19. The highest BCUT2D eigenvalue weighted by Gasteiger charge is 2.30. The predicted molar refractivity (Wildman–Crippen MR) is 91.8 cm³/mol. The molecule has 1 aromatic heterocycles. The molecule has 25 heavy (non-hydrogen) atoms. The fourth-order valence-corrected chi connectivity index (χ4v) is 3.67. The Hall–Kier alpha value is -2.54. The van der Waals surface area contributed by atoms with Gasteiger partial charge in [-0.25, -0.2) is 9.97 Å². The molecular formula is C18H12F3N3S. The summed E-state index contributed by atoms with van der Waals surface area (Å²) in [7, 11) is 0. The molecule has 1 aliphatic rings. The van der Waals surface area contributed by atoms with Gasteiger partial charge in [-0.2, -0.15) is 13.2 Å². The molecule has 1 N–H and O–H groups in total. The number of anilines is 2. The van der Waals surface area contributed by atoms with Gasteiger partial charge in [0.15, 0.2) is 0 Å². The van der Waals surface area contributed by atoms with Crippen molar-refractivity contribution in [2.24, 2.45) is 0 Å². The lowest BCUT2D eigenvalue weighted by atomic mass is 10.1. The number of nitrogens with one attached hydrogen (secondary N) is 1. The molecule has 0 unspecified atom stereocenters. The van der Waals surface area contributed by atoms with Crippen molar-refractivity contribution in [3.8, 4) is 11.3 Å².